The van der Waals surface area contributed by atoms with E-state index in [0.717, 1.165) is 0 Å². The molecule has 0 atom stereocenters. The van der Waals surface area contributed by atoms with Crippen molar-refractivity contribution in [3.8, 4) is 0 Å². The van der Waals surface area contributed by atoms with Crippen molar-refractivity contribution in [3.63, 3.8) is 0 Å². The molecule has 0 aliphatic carbocycles. The van der Waals surface area contributed by atoms with E-state index in [1.54, 1.807) is 43.4 Å². The molecule has 5 nitrogen and oxygen atoms in total. The number of nitrogens with zero attached hydrogens (tertiary/aromatic N) is 2. The number of ketones is 1. The minimum Gasteiger partial charge on any atom is -0.383 e. The molecule has 17 heavy (non-hydrogen) atoms. The summed E-state index contributed by atoms with van der Waals surface area (Å²) in [6.07, 6.45) is 1.59. The third kappa shape index (κ3) is 3.14. The second kappa shape index (κ2) is 5.25. The smallest absolute Gasteiger partial charge is 0.277 e. The van der Waals surface area contributed by atoms with Crippen LogP contribution in [0.2, 0.25) is 0 Å². The van der Waals surface area contributed by atoms with E-state index in [9.17, 15) is 14.9 Å². The number of nitro groups is 1. The van der Waals surface area contributed by atoms with Crippen molar-refractivity contribution in [2.75, 3.05) is 14.1 Å². The van der Waals surface area contributed by atoms with Crippen molar-refractivity contribution in [2.45, 2.75) is 6.92 Å². The number of carbonyl (C=O) groups is 1. The van der Waals surface area contributed by atoms with Gasteiger partial charge in [0.05, 0.1) is 10.5 Å². The van der Waals surface area contributed by atoms with Crippen LogP contribution < -0.4 is 0 Å². The van der Waals surface area contributed by atoms with Gasteiger partial charge in [0.2, 0.25) is 0 Å². The Balaban J connectivity index is 3.39. The average Bonchev–Trinajstić information content (AvgIpc) is 2.25. The van der Waals surface area contributed by atoms with Crippen LogP contribution in [0.5, 0.6) is 0 Å². The lowest BCUT2D eigenvalue weighted by Crippen LogP contribution is -2.08. The van der Waals surface area contributed by atoms with Gasteiger partial charge < -0.3 is 4.90 Å². The van der Waals surface area contributed by atoms with Crippen LogP contribution in [0.15, 0.2) is 30.5 Å². The first-order valence-electron chi connectivity index (χ1n) is 5.06. The third-order valence-electron chi connectivity index (χ3n) is 2.16. The first-order chi connectivity index (χ1) is 7.93. The lowest BCUT2D eigenvalue weighted by atomic mass is 10.0. The molecule has 0 fully saturated rings. The second-order valence-corrected chi connectivity index (χ2v) is 3.84. The van der Waals surface area contributed by atoms with Gasteiger partial charge in [-0.3, -0.25) is 14.9 Å². The Morgan fingerprint density at radius 1 is 1.35 bits per heavy atom. The van der Waals surface area contributed by atoms with E-state index in [2.05, 4.69) is 0 Å². The van der Waals surface area contributed by atoms with Gasteiger partial charge in [0, 0.05) is 31.9 Å². The summed E-state index contributed by atoms with van der Waals surface area (Å²) in [5.41, 5.74) is 0.622. The summed E-state index contributed by atoms with van der Waals surface area (Å²) in [5.74, 6) is -0.201. The molecule has 1 aromatic carbocycles. The number of hydrogen-bond donors (Lipinski definition) is 0. The van der Waals surface area contributed by atoms with Crippen molar-refractivity contribution < 1.29 is 9.72 Å². The minimum absolute atomic E-state index is 0.0594. The molecule has 0 amide bonds. The van der Waals surface area contributed by atoms with Crippen LogP contribution in [-0.4, -0.2) is 29.7 Å². The maximum Gasteiger partial charge on any atom is 0.277 e. The molecule has 0 saturated heterocycles. The zero-order chi connectivity index (χ0) is 13.0. The zero-order valence-electron chi connectivity index (χ0n) is 10.0. The molecule has 0 aliphatic rings. The van der Waals surface area contributed by atoms with Crippen LogP contribution in [0, 0.1) is 10.1 Å². The van der Waals surface area contributed by atoms with Crippen LogP contribution in [0.4, 0.5) is 5.69 Å². The highest BCUT2D eigenvalue weighted by Crippen LogP contribution is 2.26. The van der Waals surface area contributed by atoms with E-state index in [1.165, 1.54) is 13.0 Å². The van der Waals surface area contributed by atoms with Crippen molar-refractivity contribution in [1.82, 2.24) is 4.90 Å². The van der Waals surface area contributed by atoms with Crippen LogP contribution in [0.1, 0.15) is 12.5 Å². The summed E-state index contributed by atoms with van der Waals surface area (Å²) in [7, 11) is 3.52. The molecule has 1 aromatic rings. The molecule has 0 heterocycles. The molecule has 0 bridgehead atoms. The molecule has 0 spiro atoms. The fourth-order valence-corrected chi connectivity index (χ4v) is 1.47. The predicted molar refractivity (Wildman–Crippen MR) is 65.4 cm³/mol. The number of nitro benzene ring substituents is 1. The van der Waals surface area contributed by atoms with E-state index in [1.807, 2.05) is 0 Å². The molecule has 0 N–H and O–H groups in total. The standard InChI is InChI=1S/C12H14N2O3/c1-9(15)11(8-13(2)3)10-6-4-5-7-12(10)14(16)17/h4-8H,1-3H3/b11-8+. The monoisotopic (exact) mass is 234 g/mol. The molecular weight excluding hydrogens is 220 g/mol. The highest BCUT2D eigenvalue weighted by molar-refractivity contribution is 6.20. The molecule has 90 valence electrons. The van der Waals surface area contributed by atoms with Crippen LogP contribution >= 0.6 is 0 Å². The molecule has 0 unspecified atom stereocenters. The van der Waals surface area contributed by atoms with E-state index in [-0.39, 0.29) is 11.5 Å². The molecule has 0 saturated carbocycles. The SMILES string of the molecule is CC(=O)/C(=C\N(C)C)c1ccccc1[N+](=O)[O-]. The highest BCUT2D eigenvalue weighted by Gasteiger charge is 2.19. The number of hydrogen-bond acceptors (Lipinski definition) is 4. The summed E-state index contributed by atoms with van der Waals surface area (Å²) in [6.45, 7) is 1.39. The van der Waals surface area contributed by atoms with E-state index in [0.29, 0.717) is 11.1 Å². The van der Waals surface area contributed by atoms with Gasteiger partial charge in [0.25, 0.3) is 5.69 Å². The largest absolute Gasteiger partial charge is 0.383 e. The topological polar surface area (TPSA) is 63.5 Å². The Morgan fingerprint density at radius 2 is 1.94 bits per heavy atom. The molecule has 0 radical (unpaired) electrons. The number of benzene rings is 1. The van der Waals surface area contributed by atoms with Crippen molar-refractivity contribution in [3.05, 3.63) is 46.1 Å². The van der Waals surface area contributed by atoms with Crippen LogP contribution in [0.3, 0.4) is 0 Å². The van der Waals surface area contributed by atoms with Gasteiger partial charge in [-0.25, -0.2) is 0 Å². The Hall–Kier alpha value is -2.17. The molecule has 0 aliphatic heterocycles. The number of rotatable bonds is 4. The van der Waals surface area contributed by atoms with Gasteiger partial charge in [0.1, 0.15) is 0 Å². The average molecular weight is 234 g/mol. The summed E-state index contributed by atoms with van der Waals surface area (Å²) < 4.78 is 0. The van der Waals surface area contributed by atoms with Gasteiger partial charge in [-0.2, -0.15) is 0 Å². The molecule has 0 aromatic heterocycles. The van der Waals surface area contributed by atoms with Crippen LogP contribution in [-0.2, 0) is 4.79 Å². The first kappa shape index (κ1) is 12.9. The lowest BCUT2D eigenvalue weighted by Gasteiger charge is -2.10. The summed E-state index contributed by atoms with van der Waals surface area (Å²) in [6, 6.07) is 6.22. The van der Waals surface area contributed by atoms with Crippen LogP contribution in [0.25, 0.3) is 5.57 Å². The number of para-hydroxylation sites is 1. The normalized spacial score (nSPS) is 11.1. The Labute approximate surface area is 99.5 Å². The van der Waals surface area contributed by atoms with Gasteiger partial charge in [0.15, 0.2) is 5.78 Å². The summed E-state index contributed by atoms with van der Waals surface area (Å²) >= 11 is 0. The number of carbonyl (C=O) groups excluding carboxylic acids is 1. The number of Topliss-reactive ketones (excluding diaryl/α,β-unsaturated/α-hetero) is 1. The minimum atomic E-state index is -0.484. The maximum absolute atomic E-state index is 11.5. The van der Waals surface area contributed by atoms with E-state index < -0.39 is 4.92 Å². The van der Waals surface area contributed by atoms with E-state index in [4.69, 9.17) is 0 Å². The third-order valence-corrected chi connectivity index (χ3v) is 2.16. The van der Waals surface area contributed by atoms with Gasteiger partial charge >= 0.3 is 0 Å². The van der Waals surface area contributed by atoms with Crippen molar-refractivity contribution in [2.24, 2.45) is 0 Å². The zero-order valence-corrected chi connectivity index (χ0v) is 10.0. The van der Waals surface area contributed by atoms with E-state index >= 15 is 0 Å². The number of allylic oxidation sites excluding steroid dienone is 1. The first-order valence-corrected chi connectivity index (χ1v) is 5.06. The molecule has 5 heteroatoms. The fourth-order valence-electron chi connectivity index (χ4n) is 1.47. The van der Waals surface area contributed by atoms with Gasteiger partial charge in [-0.1, -0.05) is 12.1 Å². The Morgan fingerprint density at radius 3 is 2.41 bits per heavy atom. The quantitative estimate of drug-likeness (QED) is 0.454. The predicted octanol–water partition coefficient (Wildman–Crippen LogP) is 2.09. The molecule has 1 rings (SSSR count). The molecular formula is C12H14N2O3. The summed E-state index contributed by atoms with van der Waals surface area (Å²) in [5, 5.41) is 10.9. The summed E-state index contributed by atoms with van der Waals surface area (Å²) in [4.78, 5) is 23.6. The van der Waals surface area contributed by atoms with Crippen molar-refractivity contribution >= 4 is 17.0 Å². The highest BCUT2D eigenvalue weighted by atomic mass is 16.6. The second-order valence-electron chi connectivity index (χ2n) is 3.84. The lowest BCUT2D eigenvalue weighted by molar-refractivity contribution is -0.385. The van der Waals surface area contributed by atoms with Gasteiger partial charge in [-0.05, 0) is 13.0 Å². The van der Waals surface area contributed by atoms with Crippen molar-refractivity contribution in [1.29, 1.82) is 0 Å². The Bertz CT molecular complexity index is 478. The maximum atomic E-state index is 11.5. The fraction of sp³-hybridized carbons (Fsp3) is 0.250. The Kier molecular flexibility index (Phi) is 3.98. The van der Waals surface area contributed by atoms with Gasteiger partial charge in [-0.15, -0.1) is 0 Å².